The van der Waals surface area contributed by atoms with E-state index >= 15 is 0 Å². The van der Waals surface area contributed by atoms with Gasteiger partial charge in [-0.15, -0.1) is 0 Å². The summed E-state index contributed by atoms with van der Waals surface area (Å²) < 4.78 is 5.64. The van der Waals surface area contributed by atoms with Crippen molar-refractivity contribution in [3.05, 3.63) is 53.1 Å². The van der Waals surface area contributed by atoms with E-state index in [0.717, 1.165) is 50.4 Å². The third-order valence-corrected chi connectivity index (χ3v) is 5.32. The molecule has 1 aromatic heterocycles. The van der Waals surface area contributed by atoms with Gasteiger partial charge in [-0.25, -0.2) is 9.97 Å². The average molecular weight is 366 g/mol. The van der Waals surface area contributed by atoms with Crippen LogP contribution in [0.4, 0.5) is 0 Å². The Bertz CT molecular complexity index is 824. The van der Waals surface area contributed by atoms with Crippen LogP contribution in [-0.2, 0) is 13.0 Å². The Kier molecular flexibility index (Phi) is 5.34. The van der Waals surface area contributed by atoms with E-state index in [1.165, 1.54) is 5.56 Å². The van der Waals surface area contributed by atoms with Gasteiger partial charge in [0.15, 0.2) is 0 Å². The second-order valence-electron chi connectivity index (χ2n) is 7.15. The van der Waals surface area contributed by atoms with E-state index < -0.39 is 0 Å². The Morgan fingerprint density at radius 1 is 1.37 bits per heavy atom. The Hall–Kier alpha value is -2.47. The van der Waals surface area contributed by atoms with E-state index in [9.17, 15) is 4.79 Å². The molecule has 0 unspecified atom stereocenters. The molecule has 1 atom stereocenters. The van der Waals surface area contributed by atoms with E-state index in [-0.39, 0.29) is 11.8 Å². The van der Waals surface area contributed by atoms with Crippen LogP contribution in [0.3, 0.4) is 0 Å². The van der Waals surface area contributed by atoms with Crippen molar-refractivity contribution in [1.29, 1.82) is 0 Å². The Labute approximate surface area is 160 Å². The van der Waals surface area contributed by atoms with Crippen molar-refractivity contribution in [3.63, 3.8) is 0 Å². The number of nitrogens with zero attached hydrogens (tertiary/aromatic N) is 3. The predicted molar refractivity (Wildman–Crippen MR) is 103 cm³/mol. The summed E-state index contributed by atoms with van der Waals surface area (Å²) in [5.41, 5.74) is 2.99. The van der Waals surface area contributed by atoms with Crippen LogP contribution in [0.25, 0.3) is 0 Å². The molecule has 3 heterocycles. The van der Waals surface area contributed by atoms with Crippen LogP contribution < -0.4 is 10.1 Å². The van der Waals surface area contributed by atoms with Gasteiger partial charge in [0.1, 0.15) is 11.6 Å². The minimum Gasteiger partial charge on any atom is -0.493 e. The van der Waals surface area contributed by atoms with Crippen LogP contribution in [0.1, 0.15) is 53.1 Å². The molecular formula is C21H26N4O2. The molecule has 1 saturated heterocycles. The number of nitrogens with one attached hydrogen (secondary N) is 1. The summed E-state index contributed by atoms with van der Waals surface area (Å²) in [5.74, 6) is 1.77. The normalized spacial score (nSPS) is 19.4. The van der Waals surface area contributed by atoms with Gasteiger partial charge in [0, 0.05) is 56.0 Å². The van der Waals surface area contributed by atoms with Crippen molar-refractivity contribution >= 4 is 5.91 Å². The van der Waals surface area contributed by atoms with Crippen LogP contribution in [0.2, 0.25) is 0 Å². The second-order valence-corrected chi connectivity index (χ2v) is 7.15. The zero-order chi connectivity index (χ0) is 18.6. The highest BCUT2D eigenvalue weighted by Crippen LogP contribution is 2.28. The fourth-order valence-corrected chi connectivity index (χ4v) is 3.92. The Morgan fingerprint density at radius 3 is 3.15 bits per heavy atom. The van der Waals surface area contributed by atoms with Crippen LogP contribution >= 0.6 is 0 Å². The van der Waals surface area contributed by atoms with Crippen LogP contribution in [0.5, 0.6) is 5.75 Å². The molecule has 6 heteroatoms. The zero-order valence-corrected chi connectivity index (χ0v) is 15.8. The summed E-state index contributed by atoms with van der Waals surface area (Å²) in [5, 5.41) is 3.35. The number of carbonyl (C=O) groups excluding carboxylic acids is 1. The average Bonchev–Trinajstić information content (AvgIpc) is 2.73. The number of ether oxygens (including phenoxy) is 1. The quantitative estimate of drug-likeness (QED) is 0.901. The number of fused-ring (bicyclic) bond motifs is 1. The molecule has 0 aliphatic carbocycles. The minimum atomic E-state index is 0.0333. The number of para-hydroxylation sites is 1. The lowest BCUT2D eigenvalue weighted by Crippen LogP contribution is -2.40. The molecular weight excluding hydrogens is 340 g/mol. The van der Waals surface area contributed by atoms with Gasteiger partial charge in [0.05, 0.1) is 12.2 Å². The lowest BCUT2D eigenvalue weighted by Gasteiger charge is -2.32. The van der Waals surface area contributed by atoms with Gasteiger partial charge in [-0.3, -0.25) is 4.79 Å². The summed E-state index contributed by atoms with van der Waals surface area (Å²) in [6.45, 7) is 5.72. The fraction of sp³-hybridized carbons (Fsp3) is 0.476. The molecule has 0 spiro atoms. The number of hydrogen-bond acceptors (Lipinski definition) is 5. The highest BCUT2D eigenvalue weighted by molar-refractivity contribution is 5.97. The topological polar surface area (TPSA) is 67.3 Å². The van der Waals surface area contributed by atoms with Gasteiger partial charge in [-0.05, 0) is 31.9 Å². The Balaban J connectivity index is 1.52. The third-order valence-electron chi connectivity index (χ3n) is 5.32. The lowest BCUT2D eigenvalue weighted by molar-refractivity contribution is 0.0700. The maximum absolute atomic E-state index is 13.1. The number of amides is 1. The van der Waals surface area contributed by atoms with Crippen molar-refractivity contribution in [1.82, 2.24) is 20.2 Å². The first-order valence-electron chi connectivity index (χ1n) is 9.82. The minimum absolute atomic E-state index is 0.0333. The first-order valence-corrected chi connectivity index (χ1v) is 9.82. The van der Waals surface area contributed by atoms with Crippen LogP contribution in [0.15, 0.2) is 30.5 Å². The molecule has 0 radical (unpaired) electrons. The molecule has 2 aliphatic heterocycles. The number of piperidine rings is 1. The summed E-state index contributed by atoms with van der Waals surface area (Å²) in [7, 11) is 0. The standard InChI is InChI=1S/C21H26N4O2/c1-2-27-19-8-4-3-7-17(19)21(26)25-11-5-6-15(14-25)20-23-13-16-12-22-10-9-18(16)24-20/h3-4,7-8,13,15,22H,2,5-6,9-12,14H2,1H3/t15-/m1/s1. The summed E-state index contributed by atoms with van der Waals surface area (Å²) >= 11 is 0. The number of aromatic nitrogens is 2. The summed E-state index contributed by atoms with van der Waals surface area (Å²) in [4.78, 5) is 24.5. The molecule has 4 rings (SSSR count). The van der Waals surface area contributed by atoms with Crippen molar-refractivity contribution in [3.8, 4) is 5.75 Å². The van der Waals surface area contributed by atoms with Crippen LogP contribution in [-0.4, -0.2) is 47.0 Å². The molecule has 2 aliphatic rings. The molecule has 6 nitrogen and oxygen atoms in total. The largest absolute Gasteiger partial charge is 0.493 e. The number of benzene rings is 1. The molecule has 0 saturated carbocycles. The SMILES string of the molecule is CCOc1ccccc1C(=O)N1CCC[C@@H](c2ncc3c(n2)CCNC3)C1. The van der Waals surface area contributed by atoms with Gasteiger partial charge in [-0.2, -0.15) is 0 Å². The van der Waals surface area contributed by atoms with E-state index in [2.05, 4.69) is 10.3 Å². The van der Waals surface area contributed by atoms with Crippen LogP contribution in [0, 0.1) is 0 Å². The van der Waals surface area contributed by atoms with Crippen molar-refractivity contribution in [2.45, 2.75) is 38.6 Å². The molecule has 1 amide bonds. The molecule has 1 aromatic carbocycles. The van der Waals surface area contributed by atoms with E-state index in [1.807, 2.05) is 42.3 Å². The highest BCUT2D eigenvalue weighted by Gasteiger charge is 2.29. The van der Waals surface area contributed by atoms with Crippen molar-refractivity contribution < 1.29 is 9.53 Å². The first-order chi connectivity index (χ1) is 13.3. The molecule has 0 bridgehead atoms. The molecule has 142 valence electrons. The summed E-state index contributed by atoms with van der Waals surface area (Å²) in [6.07, 6.45) is 4.89. The molecule has 1 fully saturated rings. The number of rotatable bonds is 4. The Morgan fingerprint density at radius 2 is 2.26 bits per heavy atom. The maximum atomic E-state index is 13.1. The third kappa shape index (κ3) is 3.81. The monoisotopic (exact) mass is 366 g/mol. The van der Waals surface area contributed by atoms with Gasteiger partial charge in [0.2, 0.25) is 0 Å². The van der Waals surface area contributed by atoms with Gasteiger partial charge >= 0.3 is 0 Å². The lowest BCUT2D eigenvalue weighted by atomic mass is 9.95. The number of hydrogen-bond donors (Lipinski definition) is 1. The van der Waals surface area contributed by atoms with Crippen molar-refractivity contribution in [2.24, 2.45) is 0 Å². The number of carbonyl (C=O) groups is 1. The van der Waals surface area contributed by atoms with Gasteiger partial charge in [0.25, 0.3) is 5.91 Å². The highest BCUT2D eigenvalue weighted by atomic mass is 16.5. The molecule has 27 heavy (non-hydrogen) atoms. The zero-order valence-electron chi connectivity index (χ0n) is 15.8. The van der Waals surface area contributed by atoms with E-state index in [0.29, 0.717) is 24.5 Å². The fourth-order valence-electron chi connectivity index (χ4n) is 3.92. The van der Waals surface area contributed by atoms with Gasteiger partial charge in [-0.1, -0.05) is 12.1 Å². The maximum Gasteiger partial charge on any atom is 0.257 e. The summed E-state index contributed by atoms with van der Waals surface area (Å²) in [6, 6.07) is 7.49. The van der Waals surface area contributed by atoms with E-state index in [1.54, 1.807) is 0 Å². The molecule has 1 N–H and O–H groups in total. The molecule has 2 aromatic rings. The van der Waals surface area contributed by atoms with Crippen molar-refractivity contribution in [2.75, 3.05) is 26.2 Å². The predicted octanol–water partition coefficient (Wildman–Crippen LogP) is 2.54. The first kappa shape index (κ1) is 17.9. The number of likely N-dealkylation sites (tertiary alicyclic amines) is 1. The second kappa shape index (κ2) is 8.05. The van der Waals surface area contributed by atoms with E-state index in [4.69, 9.17) is 9.72 Å². The van der Waals surface area contributed by atoms with Gasteiger partial charge < -0.3 is 15.0 Å². The smallest absolute Gasteiger partial charge is 0.257 e.